The van der Waals surface area contributed by atoms with E-state index >= 15 is 0 Å². The molecule has 0 aromatic heterocycles. The Hall–Kier alpha value is -3.53. The summed E-state index contributed by atoms with van der Waals surface area (Å²) in [5.41, 5.74) is 3.41. The van der Waals surface area contributed by atoms with Gasteiger partial charge in [0.05, 0.1) is 14.2 Å². The molecule has 0 spiro atoms. The quantitative estimate of drug-likeness (QED) is 0.488. The molecule has 0 aliphatic rings. The number of hydrogen-bond donors (Lipinski definition) is 1. The van der Waals surface area contributed by atoms with E-state index in [4.69, 9.17) is 9.47 Å². The molecule has 1 N–H and O–H groups in total. The average Bonchev–Trinajstić information content (AvgIpc) is 2.77. The van der Waals surface area contributed by atoms with Gasteiger partial charge in [-0.2, -0.15) is 0 Å². The SMILES string of the molecule is COc1ccc(/C=C(/C(=O)NCc2ccc(OC)cc2)c2ccccc2)cc1. The largest absolute Gasteiger partial charge is 0.497 e. The fourth-order valence-corrected chi connectivity index (χ4v) is 2.79. The Kier molecular flexibility index (Phi) is 6.47. The van der Waals surface area contributed by atoms with E-state index in [0.29, 0.717) is 12.1 Å². The number of methoxy groups -OCH3 is 2. The molecule has 28 heavy (non-hydrogen) atoms. The Morgan fingerprint density at radius 2 is 1.39 bits per heavy atom. The van der Waals surface area contributed by atoms with Gasteiger partial charge in [0, 0.05) is 12.1 Å². The molecule has 0 atom stereocenters. The van der Waals surface area contributed by atoms with E-state index in [0.717, 1.165) is 28.2 Å². The van der Waals surface area contributed by atoms with Crippen molar-refractivity contribution in [3.8, 4) is 11.5 Å². The highest BCUT2D eigenvalue weighted by Gasteiger charge is 2.12. The lowest BCUT2D eigenvalue weighted by Crippen LogP contribution is -2.23. The van der Waals surface area contributed by atoms with Crippen LogP contribution in [0, 0.1) is 0 Å². The van der Waals surface area contributed by atoms with E-state index in [2.05, 4.69) is 5.32 Å². The number of amides is 1. The van der Waals surface area contributed by atoms with Crippen molar-refractivity contribution in [2.75, 3.05) is 14.2 Å². The second-order valence-electron chi connectivity index (χ2n) is 6.23. The van der Waals surface area contributed by atoms with Gasteiger partial charge in [-0.15, -0.1) is 0 Å². The highest BCUT2D eigenvalue weighted by atomic mass is 16.5. The summed E-state index contributed by atoms with van der Waals surface area (Å²) in [6.07, 6.45) is 1.89. The first-order valence-corrected chi connectivity index (χ1v) is 9.02. The molecule has 3 aromatic carbocycles. The van der Waals surface area contributed by atoms with Crippen molar-refractivity contribution < 1.29 is 14.3 Å². The van der Waals surface area contributed by atoms with Crippen molar-refractivity contribution >= 4 is 17.6 Å². The number of rotatable bonds is 7. The number of nitrogens with one attached hydrogen (secondary N) is 1. The summed E-state index contributed by atoms with van der Waals surface area (Å²) in [6.45, 7) is 0.440. The van der Waals surface area contributed by atoms with Crippen molar-refractivity contribution in [1.82, 2.24) is 5.32 Å². The molecule has 0 aliphatic carbocycles. The van der Waals surface area contributed by atoms with Gasteiger partial charge < -0.3 is 14.8 Å². The standard InChI is InChI=1S/C24H23NO3/c1-27-21-12-8-18(9-13-21)16-23(20-6-4-3-5-7-20)24(26)25-17-19-10-14-22(28-2)15-11-19/h3-16H,17H2,1-2H3,(H,25,26)/b23-16+. The number of ether oxygens (including phenoxy) is 2. The zero-order valence-corrected chi connectivity index (χ0v) is 16.0. The summed E-state index contributed by atoms with van der Waals surface area (Å²) in [4.78, 5) is 12.9. The molecule has 0 heterocycles. The van der Waals surface area contributed by atoms with E-state index in [9.17, 15) is 4.79 Å². The first-order chi connectivity index (χ1) is 13.7. The van der Waals surface area contributed by atoms with Gasteiger partial charge in [0.15, 0.2) is 0 Å². The average molecular weight is 373 g/mol. The summed E-state index contributed by atoms with van der Waals surface area (Å²) in [5.74, 6) is 1.44. The van der Waals surface area contributed by atoms with Gasteiger partial charge in [-0.1, -0.05) is 54.6 Å². The predicted molar refractivity (Wildman–Crippen MR) is 112 cm³/mol. The summed E-state index contributed by atoms with van der Waals surface area (Å²) >= 11 is 0. The molecular weight excluding hydrogens is 350 g/mol. The van der Waals surface area contributed by atoms with E-state index in [-0.39, 0.29) is 5.91 Å². The van der Waals surface area contributed by atoms with Crippen molar-refractivity contribution in [3.63, 3.8) is 0 Å². The second-order valence-corrected chi connectivity index (χ2v) is 6.23. The first-order valence-electron chi connectivity index (χ1n) is 9.02. The van der Waals surface area contributed by atoms with Gasteiger partial charge >= 0.3 is 0 Å². The summed E-state index contributed by atoms with van der Waals surface area (Å²) in [7, 11) is 3.26. The molecule has 4 heteroatoms. The molecule has 0 unspecified atom stereocenters. The summed E-state index contributed by atoms with van der Waals surface area (Å²) in [6, 6.07) is 24.9. The monoisotopic (exact) mass is 373 g/mol. The summed E-state index contributed by atoms with van der Waals surface area (Å²) < 4.78 is 10.4. The van der Waals surface area contributed by atoms with Crippen LogP contribution in [0.2, 0.25) is 0 Å². The summed E-state index contributed by atoms with van der Waals surface area (Å²) in [5, 5.41) is 3.01. The fraction of sp³-hybridized carbons (Fsp3) is 0.125. The molecule has 4 nitrogen and oxygen atoms in total. The smallest absolute Gasteiger partial charge is 0.252 e. The van der Waals surface area contributed by atoms with Crippen LogP contribution in [-0.4, -0.2) is 20.1 Å². The Bertz CT molecular complexity index is 930. The number of carbonyl (C=O) groups is 1. The fourth-order valence-electron chi connectivity index (χ4n) is 2.79. The molecule has 3 rings (SSSR count). The lowest BCUT2D eigenvalue weighted by atomic mass is 10.0. The molecule has 0 saturated heterocycles. The zero-order valence-electron chi connectivity index (χ0n) is 16.0. The van der Waals surface area contributed by atoms with Crippen LogP contribution in [0.25, 0.3) is 11.6 Å². The maximum Gasteiger partial charge on any atom is 0.252 e. The highest BCUT2D eigenvalue weighted by molar-refractivity contribution is 6.24. The van der Waals surface area contributed by atoms with Gasteiger partial charge in [-0.3, -0.25) is 4.79 Å². The van der Waals surface area contributed by atoms with Gasteiger partial charge in [-0.05, 0) is 47.0 Å². The third-order valence-corrected chi connectivity index (χ3v) is 4.37. The van der Waals surface area contributed by atoms with Gasteiger partial charge in [0.1, 0.15) is 11.5 Å². The van der Waals surface area contributed by atoms with Crippen LogP contribution in [0.3, 0.4) is 0 Å². The van der Waals surface area contributed by atoms with E-state index in [1.54, 1.807) is 14.2 Å². The third kappa shape index (κ3) is 5.01. The molecule has 0 bridgehead atoms. The van der Waals surface area contributed by atoms with Gasteiger partial charge in [0.25, 0.3) is 5.91 Å². The number of benzene rings is 3. The van der Waals surface area contributed by atoms with E-state index in [1.807, 2.05) is 84.9 Å². The van der Waals surface area contributed by atoms with Gasteiger partial charge in [0.2, 0.25) is 0 Å². The van der Waals surface area contributed by atoms with Crippen molar-refractivity contribution in [1.29, 1.82) is 0 Å². The normalized spacial score (nSPS) is 11.0. The van der Waals surface area contributed by atoms with Crippen LogP contribution in [0.1, 0.15) is 16.7 Å². The van der Waals surface area contributed by atoms with E-state index < -0.39 is 0 Å². The molecule has 3 aromatic rings. The van der Waals surface area contributed by atoms with Crippen molar-refractivity contribution in [2.24, 2.45) is 0 Å². The maximum absolute atomic E-state index is 12.9. The maximum atomic E-state index is 12.9. The third-order valence-electron chi connectivity index (χ3n) is 4.37. The van der Waals surface area contributed by atoms with Gasteiger partial charge in [-0.25, -0.2) is 0 Å². The molecule has 0 radical (unpaired) electrons. The van der Waals surface area contributed by atoms with E-state index in [1.165, 1.54) is 0 Å². The van der Waals surface area contributed by atoms with Crippen LogP contribution in [0.4, 0.5) is 0 Å². The molecule has 142 valence electrons. The number of hydrogen-bond acceptors (Lipinski definition) is 3. The van der Waals surface area contributed by atoms with Crippen molar-refractivity contribution in [3.05, 3.63) is 95.6 Å². The molecule has 0 saturated carbocycles. The minimum atomic E-state index is -0.127. The number of carbonyl (C=O) groups excluding carboxylic acids is 1. The van der Waals surface area contributed by atoms with Crippen LogP contribution in [0.15, 0.2) is 78.9 Å². The van der Waals surface area contributed by atoms with Crippen molar-refractivity contribution in [2.45, 2.75) is 6.54 Å². The van der Waals surface area contributed by atoms with Crippen LogP contribution in [-0.2, 0) is 11.3 Å². The van der Waals surface area contributed by atoms with Crippen LogP contribution < -0.4 is 14.8 Å². The molecule has 1 amide bonds. The van der Waals surface area contributed by atoms with Crippen LogP contribution >= 0.6 is 0 Å². The second kappa shape index (κ2) is 9.42. The Morgan fingerprint density at radius 1 is 0.821 bits per heavy atom. The minimum absolute atomic E-state index is 0.127. The Morgan fingerprint density at radius 3 is 1.96 bits per heavy atom. The zero-order chi connectivity index (χ0) is 19.8. The topological polar surface area (TPSA) is 47.6 Å². The lowest BCUT2D eigenvalue weighted by molar-refractivity contribution is -0.115. The Balaban J connectivity index is 1.81. The minimum Gasteiger partial charge on any atom is -0.497 e. The molecule has 0 aliphatic heterocycles. The molecule has 0 fully saturated rings. The van der Waals surface area contributed by atoms with Crippen LogP contribution in [0.5, 0.6) is 11.5 Å². The first kappa shape index (κ1) is 19.2. The molecular formula is C24H23NO3. The predicted octanol–water partition coefficient (Wildman–Crippen LogP) is 4.56. The lowest BCUT2D eigenvalue weighted by Gasteiger charge is -2.11. The Labute approximate surface area is 165 Å². The highest BCUT2D eigenvalue weighted by Crippen LogP contribution is 2.21.